The van der Waals surface area contributed by atoms with Crippen molar-refractivity contribution in [3.63, 3.8) is 0 Å². The third kappa shape index (κ3) is 4.01. The van der Waals surface area contributed by atoms with E-state index in [9.17, 15) is 4.79 Å². The topological polar surface area (TPSA) is 45.2 Å². The maximum Gasteiger partial charge on any atom is 0.255 e. The fourth-order valence-corrected chi connectivity index (χ4v) is 4.81. The van der Waals surface area contributed by atoms with Crippen molar-refractivity contribution in [2.45, 2.75) is 24.9 Å². The number of nitrogens with one attached hydrogen (secondary N) is 1. The highest BCUT2D eigenvalue weighted by Gasteiger charge is 2.20. The standard InChI is InChI=1S/C21H21N3OS2/c1-2-26-20-13-15(7-10-22-20)21(25)23-17-5-3-4-6-18(17)24-11-8-19-16(14-24)9-12-27-19/h3-7,9-10,12-13H,2,8,11,14H2,1H3,(H,23,25). The molecule has 3 heterocycles. The Labute approximate surface area is 167 Å². The number of hydrogen-bond acceptors (Lipinski definition) is 5. The van der Waals surface area contributed by atoms with Crippen LogP contribution in [0.25, 0.3) is 0 Å². The van der Waals surface area contributed by atoms with E-state index in [1.807, 2.05) is 35.6 Å². The maximum absolute atomic E-state index is 12.8. The van der Waals surface area contributed by atoms with E-state index >= 15 is 0 Å². The van der Waals surface area contributed by atoms with E-state index in [1.54, 1.807) is 24.0 Å². The predicted octanol–water partition coefficient (Wildman–Crippen LogP) is 5.07. The molecule has 1 aliphatic heterocycles. The van der Waals surface area contributed by atoms with Crippen molar-refractivity contribution in [1.29, 1.82) is 0 Å². The van der Waals surface area contributed by atoms with Gasteiger partial charge in [0.05, 0.1) is 16.4 Å². The lowest BCUT2D eigenvalue weighted by Crippen LogP contribution is -2.30. The number of nitrogens with zero attached hydrogens (tertiary/aromatic N) is 2. The SMILES string of the molecule is CCSc1cc(C(=O)Nc2ccccc2N2CCc3sccc3C2)ccn1. The second-order valence-electron chi connectivity index (χ2n) is 6.33. The van der Waals surface area contributed by atoms with Gasteiger partial charge in [-0.1, -0.05) is 19.1 Å². The molecular weight excluding hydrogens is 374 g/mol. The van der Waals surface area contributed by atoms with E-state index in [2.05, 4.69) is 39.6 Å². The quantitative estimate of drug-likeness (QED) is 0.613. The van der Waals surface area contributed by atoms with Crippen LogP contribution in [0, 0.1) is 0 Å². The summed E-state index contributed by atoms with van der Waals surface area (Å²) in [6.07, 6.45) is 2.75. The number of hydrogen-bond donors (Lipinski definition) is 1. The average Bonchev–Trinajstić information content (AvgIpc) is 3.17. The molecule has 1 amide bonds. The largest absolute Gasteiger partial charge is 0.365 e. The van der Waals surface area contributed by atoms with Gasteiger partial charge < -0.3 is 10.2 Å². The zero-order valence-electron chi connectivity index (χ0n) is 15.1. The molecule has 6 heteroatoms. The van der Waals surface area contributed by atoms with Crippen molar-refractivity contribution < 1.29 is 4.79 Å². The summed E-state index contributed by atoms with van der Waals surface area (Å²) in [5.74, 6) is 0.830. The lowest BCUT2D eigenvalue weighted by atomic mass is 10.1. The monoisotopic (exact) mass is 395 g/mol. The van der Waals surface area contributed by atoms with Crippen molar-refractivity contribution in [2.75, 3.05) is 22.5 Å². The van der Waals surface area contributed by atoms with Crippen LogP contribution in [-0.4, -0.2) is 23.2 Å². The first-order valence-corrected chi connectivity index (χ1v) is 10.9. The number of rotatable bonds is 5. The fourth-order valence-electron chi connectivity index (χ4n) is 3.28. The van der Waals surface area contributed by atoms with Crippen LogP contribution in [0.4, 0.5) is 11.4 Å². The number of thioether (sulfide) groups is 1. The van der Waals surface area contributed by atoms with Gasteiger partial charge in [-0.05, 0) is 53.4 Å². The molecule has 1 aliphatic rings. The number of aromatic nitrogens is 1. The van der Waals surface area contributed by atoms with Gasteiger partial charge in [-0.3, -0.25) is 4.79 Å². The first-order chi connectivity index (χ1) is 13.2. The summed E-state index contributed by atoms with van der Waals surface area (Å²) in [6, 6.07) is 13.9. The van der Waals surface area contributed by atoms with Gasteiger partial charge in [-0.2, -0.15) is 0 Å². The Kier molecular flexibility index (Phi) is 5.45. The smallest absolute Gasteiger partial charge is 0.255 e. The molecule has 0 saturated heterocycles. The summed E-state index contributed by atoms with van der Waals surface area (Å²) >= 11 is 3.47. The second-order valence-corrected chi connectivity index (χ2v) is 8.61. The first-order valence-electron chi connectivity index (χ1n) is 9.04. The van der Waals surface area contributed by atoms with Crippen molar-refractivity contribution in [1.82, 2.24) is 4.98 Å². The lowest BCUT2D eigenvalue weighted by molar-refractivity contribution is 0.102. The molecule has 4 rings (SSSR count). The number of para-hydroxylation sites is 2. The van der Waals surface area contributed by atoms with Crippen LogP contribution in [0.3, 0.4) is 0 Å². The number of thiophene rings is 1. The molecule has 0 saturated carbocycles. The zero-order valence-corrected chi connectivity index (χ0v) is 16.8. The highest BCUT2D eigenvalue weighted by molar-refractivity contribution is 7.99. The molecule has 0 atom stereocenters. The second kappa shape index (κ2) is 8.15. The van der Waals surface area contributed by atoms with E-state index in [4.69, 9.17) is 0 Å². The molecule has 2 aromatic heterocycles. The Morgan fingerprint density at radius 1 is 1.30 bits per heavy atom. The van der Waals surface area contributed by atoms with Gasteiger partial charge in [0.25, 0.3) is 5.91 Å². The number of benzene rings is 1. The summed E-state index contributed by atoms with van der Waals surface area (Å²) in [7, 11) is 0. The van der Waals surface area contributed by atoms with Crippen LogP contribution in [0.1, 0.15) is 27.7 Å². The molecule has 27 heavy (non-hydrogen) atoms. The summed E-state index contributed by atoms with van der Waals surface area (Å²) in [5, 5.41) is 6.13. The Morgan fingerprint density at radius 2 is 2.19 bits per heavy atom. The molecule has 1 aromatic carbocycles. The van der Waals surface area contributed by atoms with Gasteiger partial charge in [0.1, 0.15) is 0 Å². The van der Waals surface area contributed by atoms with Gasteiger partial charge in [-0.15, -0.1) is 23.1 Å². The number of anilines is 2. The van der Waals surface area contributed by atoms with Crippen LogP contribution < -0.4 is 10.2 Å². The molecule has 0 aliphatic carbocycles. The van der Waals surface area contributed by atoms with Gasteiger partial charge in [0.15, 0.2) is 0 Å². The summed E-state index contributed by atoms with van der Waals surface area (Å²) in [6.45, 7) is 3.93. The molecule has 0 bridgehead atoms. The number of amides is 1. The maximum atomic E-state index is 12.8. The Bertz CT molecular complexity index is 954. The summed E-state index contributed by atoms with van der Waals surface area (Å²) in [5.41, 5.74) is 3.94. The third-order valence-corrected chi connectivity index (χ3v) is 6.42. The highest BCUT2D eigenvalue weighted by atomic mass is 32.2. The highest BCUT2D eigenvalue weighted by Crippen LogP contribution is 2.32. The Hall–Kier alpha value is -2.31. The third-order valence-electron chi connectivity index (χ3n) is 4.59. The molecule has 4 nitrogen and oxygen atoms in total. The normalized spacial score (nSPS) is 13.3. The van der Waals surface area contributed by atoms with E-state index in [0.717, 1.165) is 41.7 Å². The minimum absolute atomic E-state index is 0.101. The summed E-state index contributed by atoms with van der Waals surface area (Å²) < 4.78 is 0. The fraction of sp³-hybridized carbons (Fsp3) is 0.238. The molecule has 0 radical (unpaired) electrons. The van der Waals surface area contributed by atoms with Gasteiger partial charge in [-0.25, -0.2) is 4.98 Å². The van der Waals surface area contributed by atoms with Crippen LogP contribution in [0.2, 0.25) is 0 Å². The van der Waals surface area contributed by atoms with Crippen molar-refractivity contribution in [3.8, 4) is 0 Å². The lowest BCUT2D eigenvalue weighted by Gasteiger charge is -2.30. The molecule has 0 fully saturated rings. The van der Waals surface area contributed by atoms with E-state index in [-0.39, 0.29) is 5.91 Å². The number of carbonyl (C=O) groups is 1. The molecule has 138 valence electrons. The van der Waals surface area contributed by atoms with E-state index < -0.39 is 0 Å². The average molecular weight is 396 g/mol. The van der Waals surface area contributed by atoms with Crippen LogP contribution in [0.15, 0.2) is 59.1 Å². The van der Waals surface area contributed by atoms with Crippen LogP contribution in [-0.2, 0) is 13.0 Å². The van der Waals surface area contributed by atoms with Crippen LogP contribution >= 0.6 is 23.1 Å². The van der Waals surface area contributed by atoms with Crippen molar-refractivity contribution in [3.05, 3.63) is 70.0 Å². The molecule has 3 aromatic rings. The molecule has 0 unspecified atom stereocenters. The molecular formula is C21H21N3OS2. The van der Waals surface area contributed by atoms with Gasteiger partial charge in [0.2, 0.25) is 0 Å². The van der Waals surface area contributed by atoms with E-state index in [1.165, 1.54) is 10.4 Å². The Morgan fingerprint density at radius 3 is 3.07 bits per heavy atom. The summed E-state index contributed by atoms with van der Waals surface area (Å²) in [4.78, 5) is 20.9. The molecule has 0 spiro atoms. The van der Waals surface area contributed by atoms with Crippen LogP contribution in [0.5, 0.6) is 0 Å². The minimum atomic E-state index is -0.101. The van der Waals surface area contributed by atoms with E-state index in [0.29, 0.717) is 5.56 Å². The predicted molar refractivity (Wildman–Crippen MR) is 114 cm³/mol. The zero-order chi connectivity index (χ0) is 18.6. The number of carbonyl (C=O) groups excluding carboxylic acids is 1. The van der Waals surface area contributed by atoms with Gasteiger partial charge >= 0.3 is 0 Å². The van der Waals surface area contributed by atoms with Crippen molar-refractivity contribution in [2.24, 2.45) is 0 Å². The number of pyridine rings is 1. The molecule has 1 N–H and O–H groups in total. The number of fused-ring (bicyclic) bond motifs is 1. The minimum Gasteiger partial charge on any atom is -0.365 e. The first kappa shape index (κ1) is 18.1. The van der Waals surface area contributed by atoms with Crippen molar-refractivity contribution >= 4 is 40.4 Å². The Balaban J connectivity index is 1.55. The van der Waals surface area contributed by atoms with Gasteiger partial charge in [0, 0.05) is 29.7 Å².